The van der Waals surface area contributed by atoms with Crippen LogP contribution in [0.5, 0.6) is 0 Å². The van der Waals surface area contributed by atoms with E-state index in [1.54, 1.807) is 0 Å². The number of aromatic nitrogens is 2. The molecule has 360 valence electrons. The van der Waals surface area contributed by atoms with Crippen molar-refractivity contribution >= 4 is 33.4 Å². The Morgan fingerprint density at radius 2 is 1.19 bits per heavy atom. The number of esters is 2. The average Bonchev–Trinajstić information content (AvgIpc) is 3.47. The molecule has 1 saturated heterocycles. The summed E-state index contributed by atoms with van der Waals surface area (Å²) in [5.41, 5.74) is 4.58. The highest BCUT2D eigenvalue weighted by Gasteiger charge is 2.46. The lowest BCUT2D eigenvalue weighted by molar-refractivity contribution is -0.161. The second kappa shape index (κ2) is 30.8. The molecule has 20 heteroatoms. The van der Waals surface area contributed by atoms with Crippen LogP contribution < -0.4 is 11.4 Å². The average molecular weight is 926 g/mol. The van der Waals surface area contributed by atoms with E-state index in [0.29, 0.717) is 18.8 Å². The largest absolute Gasteiger partial charge is 0.481 e. The van der Waals surface area contributed by atoms with E-state index < -0.39 is 83.7 Å². The maximum atomic E-state index is 12.8. The van der Waals surface area contributed by atoms with Crippen LogP contribution in [0.25, 0.3) is 0 Å². The monoisotopic (exact) mass is 925 g/mol. The molecule has 0 saturated carbocycles. The van der Waals surface area contributed by atoms with Crippen LogP contribution in [-0.4, -0.2) is 85.7 Å². The van der Waals surface area contributed by atoms with E-state index in [0.717, 1.165) is 68.0 Å². The summed E-state index contributed by atoms with van der Waals surface area (Å²) in [6.45, 7) is 6.67. The Hall–Kier alpha value is -2.24. The minimum absolute atomic E-state index is 0.0536. The second-order valence-electron chi connectivity index (χ2n) is 17.2. The zero-order chi connectivity index (χ0) is 46.0. The molecular formula is C42H77N3O15P2. The fourth-order valence-electron chi connectivity index (χ4n) is 6.98. The number of phosphoric ester groups is 2. The van der Waals surface area contributed by atoms with Gasteiger partial charge in [-0.3, -0.25) is 23.2 Å². The lowest BCUT2D eigenvalue weighted by Gasteiger charge is -2.21. The van der Waals surface area contributed by atoms with Gasteiger partial charge in [0.05, 0.1) is 13.2 Å². The van der Waals surface area contributed by atoms with Crippen LogP contribution in [0, 0.1) is 11.8 Å². The van der Waals surface area contributed by atoms with Crippen molar-refractivity contribution < 1.29 is 66.3 Å². The number of unbranched alkanes of at least 4 members (excludes halogenated alkanes) is 16. The number of aliphatic hydroxyl groups is 2. The lowest BCUT2D eigenvalue weighted by Crippen LogP contribution is -2.36. The number of phosphoric acid groups is 2. The van der Waals surface area contributed by atoms with Gasteiger partial charge in [0.15, 0.2) is 12.3 Å². The standard InChI is InChI=1S/C42H77N3O15P2/c1-32(2)23-19-15-11-7-5-6-8-13-17-21-25-37(46)55-29-34(58-38(47)26-22-18-14-10-9-12-16-20-24-33(3)4)30-56-61(51,52)60-62(53,54)57-31-35-39(48)40(49)41(59-35)45-28-27-36(43)44-42(45)50/h27-28,32-35,39-41,48-49H,5-26,29-31H2,1-4H3,(H,51,52)(H,53,54)(H2,43,44,50)/t34-,35-,39+,40?,41-/m1/s1. The number of nitrogen functional groups attached to an aromatic ring is 1. The molecule has 18 nitrogen and oxygen atoms in total. The van der Waals surface area contributed by atoms with Gasteiger partial charge in [0.25, 0.3) is 0 Å². The zero-order valence-corrected chi connectivity index (χ0v) is 39.3. The van der Waals surface area contributed by atoms with Crippen LogP contribution >= 0.6 is 15.6 Å². The third kappa shape index (κ3) is 25.3. The number of aliphatic hydroxyl groups excluding tert-OH is 2. The summed E-state index contributed by atoms with van der Waals surface area (Å²) >= 11 is 0. The number of hydrogen-bond donors (Lipinski definition) is 5. The molecule has 0 amide bonds. The van der Waals surface area contributed by atoms with Crippen LogP contribution in [0.3, 0.4) is 0 Å². The predicted molar refractivity (Wildman–Crippen MR) is 234 cm³/mol. The normalized spacial score (nSPS) is 20.3. The van der Waals surface area contributed by atoms with Crippen LogP contribution in [-0.2, 0) is 46.3 Å². The van der Waals surface area contributed by atoms with Gasteiger partial charge in [-0.1, -0.05) is 143 Å². The Balaban J connectivity index is 1.83. The second-order valence-corrected chi connectivity index (χ2v) is 20.3. The Bertz CT molecular complexity index is 1560. The maximum absolute atomic E-state index is 12.8. The van der Waals surface area contributed by atoms with Gasteiger partial charge in [-0.2, -0.15) is 9.29 Å². The molecule has 2 heterocycles. The van der Waals surface area contributed by atoms with Gasteiger partial charge in [0, 0.05) is 19.0 Å². The van der Waals surface area contributed by atoms with Gasteiger partial charge < -0.3 is 39.9 Å². The molecule has 1 aromatic heterocycles. The molecule has 2 rings (SSSR count). The first-order chi connectivity index (χ1) is 29.4. The van der Waals surface area contributed by atoms with Gasteiger partial charge in [0.1, 0.15) is 30.7 Å². The SMILES string of the molecule is CC(C)CCCCCCCCCCCCC(=O)OC[C@H](COP(=O)(O)OP(=O)(O)OC[C@H]1O[C@@H](n2ccc(N)nc2=O)C(O)[C@H]1O)OC(=O)CCCCCCCCCCC(C)C. The van der Waals surface area contributed by atoms with Crippen molar-refractivity contribution in [2.75, 3.05) is 25.6 Å². The summed E-state index contributed by atoms with van der Waals surface area (Å²) < 4.78 is 56.5. The summed E-state index contributed by atoms with van der Waals surface area (Å²) in [6, 6.07) is 1.25. The fourth-order valence-corrected chi connectivity index (χ4v) is 9.09. The molecule has 1 aliphatic heterocycles. The van der Waals surface area contributed by atoms with Gasteiger partial charge in [0.2, 0.25) is 0 Å². The van der Waals surface area contributed by atoms with Crippen molar-refractivity contribution in [2.45, 2.75) is 200 Å². The summed E-state index contributed by atoms with van der Waals surface area (Å²) in [7, 11) is -10.8. The fraction of sp³-hybridized carbons (Fsp3) is 0.857. The van der Waals surface area contributed by atoms with E-state index in [1.807, 2.05) is 0 Å². The highest BCUT2D eigenvalue weighted by Crippen LogP contribution is 2.60. The van der Waals surface area contributed by atoms with Crippen LogP contribution in [0.1, 0.15) is 175 Å². The molecule has 0 radical (unpaired) electrons. The zero-order valence-electron chi connectivity index (χ0n) is 37.5. The van der Waals surface area contributed by atoms with Crippen LogP contribution in [0.4, 0.5) is 5.82 Å². The summed E-state index contributed by atoms with van der Waals surface area (Å²) in [5.74, 6) is 0.180. The molecule has 1 aliphatic rings. The number of carbonyl (C=O) groups is 2. The molecule has 0 aromatic carbocycles. The molecule has 0 bridgehead atoms. The minimum atomic E-state index is -5.41. The van der Waals surface area contributed by atoms with Gasteiger partial charge in [-0.25, -0.2) is 13.9 Å². The number of rotatable bonds is 36. The molecule has 7 atom stereocenters. The van der Waals surface area contributed by atoms with Crippen molar-refractivity contribution in [1.82, 2.24) is 9.55 Å². The van der Waals surface area contributed by atoms with E-state index in [4.69, 9.17) is 29.0 Å². The van der Waals surface area contributed by atoms with E-state index in [9.17, 15) is 43.5 Å². The van der Waals surface area contributed by atoms with E-state index >= 15 is 0 Å². The van der Waals surface area contributed by atoms with Gasteiger partial charge >= 0.3 is 33.3 Å². The van der Waals surface area contributed by atoms with Crippen molar-refractivity contribution in [3.05, 3.63) is 22.7 Å². The molecule has 1 fully saturated rings. The summed E-state index contributed by atoms with van der Waals surface area (Å²) in [6.07, 6.45) is 15.3. The molecular weight excluding hydrogens is 848 g/mol. The molecule has 0 aliphatic carbocycles. The van der Waals surface area contributed by atoms with Gasteiger partial charge in [-0.05, 0) is 30.7 Å². The molecule has 3 unspecified atom stereocenters. The Morgan fingerprint density at radius 1 is 0.726 bits per heavy atom. The summed E-state index contributed by atoms with van der Waals surface area (Å²) in [5, 5.41) is 20.8. The van der Waals surface area contributed by atoms with E-state index in [2.05, 4.69) is 37.0 Å². The Morgan fingerprint density at radius 3 is 1.69 bits per heavy atom. The number of nitrogens with two attached hydrogens (primary N) is 1. The van der Waals surface area contributed by atoms with E-state index in [-0.39, 0.29) is 18.7 Å². The third-order valence-corrected chi connectivity index (χ3v) is 13.1. The Kier molecular flexibility index (Phi) is 27.8. The lowest BCUT2D eigenvalue weighted by atomic mass is 10.0. The molecule has 6 N–H and O–H groups in total. The highest BCUT2D eigenvalue weighted by molar-refractivity contribution is 7.61. The van der Waals surface area contributed by atoms with Crippen LogP contribution in [0.2, 0.25) is 0 Å². The number of ether oxygens (including phenoxy) is 3. The first-order valence-corrected chi connectivity index (χ1v) is 25.8. The molecule has 0 spiro atoms. The van der Waals surface area contributed by atoms with Crippen molar-refractivity contribution in [3.63, 3.8) is 0 Å². The quantitative estimate of drug-likeness (QED) is 0.0242. The van der Waals surface area contributed by atoms with Gasteiger partial charge in [-0.15, -0.1) is 0 Å². The first-order valence-electron chi connectivity index (χ1n) is 22.8. The number of hydrogen-bond acceptors (Lipinski definition) is 15. The molecule has 1 aromatic rings. The third-order valence-electron chi connectivity index (χ3n) is 10.5. The van der Waals surface area contributed by atoms with Crippen molar-refractivity contribution in [2.24, 2.45) is 11.8 Å². The maximum Gasteiger partial charge on any atom is 0.481 e. The van der Waals surface area contributed by atoms with Crippen molar-refractivity contribution in [3.8, 4) is 0 Å². The summed E-state index contributed by atoms with van der Waals surface area (Å²) in [4.78, 5) is 61.6. The molecule has 62 heavy (non-hydrogen) atoms. The predicted octanol–water partition coefficient (Wildman–Crippen LogP) is 8.04. The van der Waals surface area contributed by atoms with Crippen molar-refractivity contribution in [1.29, 1.82) is 0 Å². The minimum Gasteiger partial charge on any atom is -0.462 e. The smallest absolute Gasteiger partial charge is 0.462 e. The van der Waals surface area contributed by atoms with E-state index in [1.165, 1.54) is 70.3 Å². The van der Waals surface area contributed by atoms with Crippen LogP contribution in [0.15, 0.2) is 17.1 Å². The first kappa shape index (κ1) is 55.9. The highest BCUT2D eigenvalue weighted by atomic mass is 31.3. The number of anilines is 1. The number of nitrogens with zero attached hydrogens (tertiary/aromatic N) is 2. The topological polar surface area (TPSA) is 265 Å². The Labute approximate surface area is 368 Å². The number of carbonyl (C=O) groups excluding carboxylic acids is 2.